The summed E-state index contributed by atoms with van der Waals surface area (Å²) < 4.78 is 2.02. The third kappa shape index (κ3) is 3.60. The van der Waals surface area contributed by atoms with Crippen LogP contribution < -0.4 is 5.73 Å². The molecular formula is C26H27N5O3. The fourth-order valence-electron chi connectivity index (χ4n) is 4.67. The first-order chi connectivity index (χ1) is 16.2. The van der Waals surface area contributed by atoms with E-state index in [1.807, 2.05) is 29.7 Å². The van der Waals surface area contributed by atoms with Gasteiger partial charge in [-0.15, -0.1) is 0 Å². The number of nitrogen functional groups attached to an aromatic ring is 1. The Kier molecular flexibility index (Phi) is 5.13. The van der Waals surface area contributed by atoms with Gasteiger partial charge in [-0.1, -0.05) is 31.2 Å². The van der Waals surface area contributed by atoms with Crippen LogP contribution in [0.1, 0.15) is 52.9 Å². The summed E-state index contributed by atoms with van der Waals surface area (Å²) in [6.45, 7) is 6.22. The van der Waals surface area contributed by atoms with E-state index in [1.165, 1.54) is 4.90 Å². The fourth-order valence-corrected chi connectivity index (χ4v) is 4.67. The monoisotopic (exact) mass is 457 g/mol. The maximum atomic E-state index is 12.7. The van der Waals surface area contributed by atoms with E-state index in [1.54, 1.807) is 38.1 Å². The summed E-state index contributed by atoms with van der Waals surface area (Å²) in [5.74, 6) is 0.665. The summed E-state index contributed by atoms with van der Waals surface area (Å²) in [4.78, 5) is 35.9. The number of nitrogens with two attached hydrogens (primary N) is 1. The molecule has 8 nitrogen and oxygen atoms in total. The Hall–Kier alpha value is -3.78. The van der Waals surface area contributed by atoms with E-state index in [0.29, 0.717) is 47.4 Å². The minimum atomic E-state index is -0.922. The lowest BCUT2D eigenvalue weighted by Crippen LogP contribution is -2.31. The molecule has 0 radical (unpaired) electrons. The van der Waals surface area contributed by atoms with Crippen LogP contribution in [-0.2, 0) is 19.4 Å². The average molecular weight is 458 g/mol. The molecule has 1 aliphatic heterocycles. The van der Waals surface area contributed by atoms with Crippen molar-refractivity contribution in [2.45, 2.75) is 45.8 Å². The van der Waals surface area contributed by atoms with Gasteiger partial charge in [0.25, 0.3) is 11.8 Å². The first-order valence-corrected chi connectivity index (χ1v) is 11.4. The molecule has 2 aromatic carbocycles. The van der Waals surface area contributed by atoms with Crippen molar-refractivity contribution in [3.05, 3.63) is 65.0 Å². The molecule has 4 aromatic rings. The van der Waals surface area contributed by atoms with Gasteiger partial charge in [-0.25, -0.2) is 9.97 Å². The molecule has 0 saturated heterocycles. The van der Waals surface area contributed by atoms with Gasteiger partial charge in [-0.05, 0) is 44.0 Å². The molecule has 0 spiro atoms. The van der Waals surface area contributed by atoms with Crippen molar-refractivity contribution in [1.29, 1.82) is 0 Å². The Morgan fingerprint density at radius 1 is 1.03 bits per heavy atom. The topological polar surface area (TPSA) is 114 Å². The third-order valence-corrected chi connectivity index (χ3v) is 6.21. The van der Waals surface area contributed by atoms with Crippen molar-refractivity contribution in [1.82, 2.24) is 19.4 Å². The number of pyridine rings is 1. The van der Waals surface area contributed by atoms with Gasteiger partial charge in [0.1, 0.15) is 11.3 Å². The maximum Gasteiger partial charge on any atom is 0.261 e. The van der Waals surface area contributed by atoms with Crippen molar-refractivity contribution >= 4 is 39.6 Å². The molecule has 5 rings (SSSR count). The highest BCUT2D eigenvalue weighted by Gasteiger charge is 2.34. The number of nitrogens with zero attached hydrogens (tertiary/aromatic N) is 4. The molecule has 34 heavy (non-hydrogen) atoms. The van der Waals surface area contributed by atoms with Gasteiger partial charge < -0.3 is 15.4 Å². The van der Waals surface area contributed by atoms with Gasteiger partial charge in [0.05, 0.1) is 34.3 Å². The fraction of sp³-hybridized carbons (Fsp3) is 0.308. The predicted octanol–water partition coefficient (Wildman–Crippen LogP) is 3.34. The van der Waals surface area contributed by atoms with E-state index >= 15 is 0 Å². The Balaban J connectivity index is 1.49. The minimum absolute atomic E-state index is 0.256. The SMILES string of the molecule is CCc1nc2c(N)nc3cc(CCN4C(=O)c5ccccc5C4=O)ccc3c2n1CC(C)(C)O. The van der Waals surface area contributed by atoms with Crippen LogP contribution in [0.25, 0.3) is 21.9 Å². The van der Waals surface area contributed by atoms with Gasteiger partial charge in [0.2, 0.25) is 0 Å². The van der Waals surface area contributed by atoms with Crippen LogP contribution >= 0.6 is 0 Å². The molecule has 0 saturated carbocycles. The van der Waals surface area contributed by atoms with Crippen molar-refractivity contribution in [2.75, 3.05) is 12.3 Å². The highest BCUT2D eigenvalue weighted by atomic mass is 16.3. The largest absolute Gasteiger partial charge is 0.389 e. The summed E-state index contributed by atoms with van der Waals surface area (Å²) in [5.41, 5.74) is 9.41. The number of aromatic nitrogens is 3. The molecule has 0 aliphatic carbocycles. The van der Waals surface area contributed by atoms with E-state index < -0.39 is 5.60 Å². The van der Waals surface area contributed by atoms with E-state index in [2.05, 4.69) is 4.98 Å². The van der Waals surface area contributed by atoms with Gasteiger partial charge in [0.15, 0.2) is 5.82 Å². The first kappa shape index (κ1) is 22.0. The number of imidazole rings is 1. The van der Waals surface area contributed by atoms with E-state index in [0.717, 1.165) is 22.3 Å². The Labute approximate surface area is 197 Å². The molecule has 0 fully saturated rings. The average Bonchev–Trinajstić information content (AvgIpc) is 3.27. The van der Waals surface area contributed by atoms with Crippen molar-refractivity contribution in [3.63, 3.8) is 0 Å². The first-order valence-electron chi connectivity index (χ1n) is 11.4. The minimum Gasteiger partial charge on any atom is -0.389 e. The number of rotatable bonds is 6. The lowest BCUT2D eigenvalue weighted by molar-refractivity contribution is 0.0617. The molecule has 1 aliphatic rings. The summed E-state index contributed by atoms with van der Waals surface area (Å²) in [7, 11) is 0. The van der Waals surface area contributed by atoms with Crippen LogP contribution in [0.4, 0.5) is 5.82 Å². The zero-order valence-corrected chi connectivity index (χ0v) is 19.5. The van der Waals surface area contributed by atoms with Crippen LogP contribution in [0, 0.1) is 0 Å². The number of carbonyl (C=O) groups is 2. The normalized spacial score (nSPS) is 13.9. The number of fused-ring (bicyclic) bond motifs is 4. The summed E-state index contributed by atoms with van der Waals surface area (Å²) in [6, 6.07) is 12.8. The molecule has 0 bridgehead atoms. The quantitative estimate of drug-likeness (QED) is 0.429. The van der Waals surface area contributed by atoms with E-state index in [9.17, 15) is 14.7 Å². The van der Waals surface area contributed by atoms with Crippen LogP contribution in [0.2, 0.25) is 0 Å². The van der Waals surface area contributed by atoms with Crippen LogP contribution in [0.15, 0.2) is 42.5 Å². The Morgan fingerprint density at radius 3 is 2.32 bits per heavy atom. The number of benzene rings is 2. The number of aryl methyl sites for hydroxylation is 1. The van der Waals surface area contributed by atoms with Crippen molar-refractivity contribution in [2.24, 2.45) is 0 Å². The van der Waals surface area contributed by atoms with Crippen molar-refractivity contribution in [3.8, 4) is 0 Å². The van der Waals surface area contributed by atoms with Crippen molar-refractivity contribution < 1.29 is 14.7 Å². The molecule has 174 valence electrons. The Morgan fingerprint density at radius 2 is 1.71 bits per heavy atom. The number of imide groups is 1. The van der Waals surface area contributed by atoms with Gasteiger partial charge in [-0.2, -0.15) is 0 Å². The molecule has 0 atom stereocenters. The standard InChI is InChI=1S/C26H27N5O3/c1-4-20-29-21-22(31(20)14-26(2,3)34)18-10-9-15(13-19(18)28-23(21)27)11-12-30-24(32)16-7-5-6-8-17(16)25(30)33/h5-10,13,34H,4,11-12,14H2,1-3H3,(H2,27,28). The van der Waals surface area contributed by atoms with Gasteiger partial charge in [-0.3, -0.25) is 14.5 Å². The molecule has 2 aromatic heterocycles. The van der Waals surface area contributed by atoms with Crippen LogP contribution in [0.3, 0.4) is 0 Å². The second-order valence-corrected chi connectivity index (χ2v) is 9.38. The molecular weight excluding hydrogens is 430 g/mol. The smallest absolute Gasteiger partial charge is 0.261 e. The highest BCUT2D eigenvalue weighted by molar-refractivity contribution is 6.21. The second kappa shape index (κ2) is 7.92. The number of amides is 2. The van der Waals surface area contributed by atoms with Gasteiger partial charge in [0, 0.05) is 18.4 Å². The number of hydrogen-bond acceptors (Lipinski definition) is 6. The molecule has 8 heteroatoms. The predicted molar refractivity (Wildman–Crippen MR) is 131 cm³/mol. The summed E-state index contributed by atoms with van der Waals surface area (Å²) >= 11 is 0. The Bertz CT molecular complexity index is 1430. The molecule has 3 N–H and O–H groups in total. The number of aliphatic hydroxyl groups is 1. The summed E-state index contributed by atoms with van der Waals surface area (Å²) in [5, 5.41) is 11.4. The van der Waals surface area contributed by atoms with Crippen LogP contribution in [0.5, 0.6) is 0 Å². The number of carbonyl (C=O) groups excluding carboxylic acids is 2. The third-order valence-electron chi connectivity index (χ3n) is 6.21. The molecule has 3 heterocycles. The van der Waals surface area contributed by atoms with E-state index in [4.69, 9.17) is 10.7 Å². The van der Waals surface area contributed by atoms with Gasteiger partial charge >= 0.3 is 0 Å². The molecule has 0 unspecified atom stereocenters. The number of hydrogen-bond donors (Lipinski definition) is 2. The maximum absolute atomic E-state index is 12.7. The number of anilines is 1. The highest BCUT2D eigenvalue weighted by Crippen LogP contribution is 2.31. The summed E-state index contributed by atoms with van der Waals surface area (Å²) in [6.07, 6.45) is 1.20. The van der Waals surface area contributed by atoms with Crippen LogP contribution in [-0.4, -0.2) is 48.5 Å². The second-order valence-electron chi connectivity index (χ2n) is 9.38. The lowest BCUT2D eigenvalue weighted by atomic mass is 10.1. The zero-order chi connectivity index (χ0) is 24.2. The molecule has 2 amide bonds. The van der Waals surface area contributed by atoms with E-state index in [-0.39, 0.29) is 18.4 Å². The lowest BCUT2D eigenvalue weighted by Gasteiger charge is -2.20. The zero-order valence-electron chi connectivity index (χ0n) is 19.5.